The van der Waals surface area contributed by atoms with Crippen LogP contribution in [-0.2, 0) is 0 Å². The number of hydrogen-bond donors (Lipinski definition) is 0. The summed E-state index contributed by atoms with van der Waals surface area (Å²) in [5.74, 6) is 0. The Morgan fingerprint density at radius 2 is 0.732 bits per heavy atom. The number of benzene rings is 6. The van der Waals surface area contributed by atoms with Gasteiger partial charge in [-0.3, -0.25) is 0 Å². The highest BCUT2D eigenvalue weighted by atomic mass is 32.4. The van der Waals surface area contributed by atoms with Crippen LogP contribution in [0.3, 0.4) is 0 Å². The molecule has 6 aromatic rings. The summed E-state index contributed by atoms with van der Waals surface area (Å²) in [6.07, 6.45) is 0. The molecule has 199 valence electrons. The van der Waals surface area contributed by atoms with Gasteiger partial charge in [-0.2, -0.15) is 11.2 Å². The minimum atomic E-state index is -2.45. The minimum Gasteiger partial charge on any atom is -0.171 e. The predicted octanol–water partition coefficient (Wildman–Crippen LogP) is 5.96. The molecule has 0 spiro atoms. The summed E-state index contributed by atoms with van der Waals surface area (Å²) in [5, 5.41) is 8.87. The summed E-state index contributed by atoms with van der Waals surface area (Å²) < 4.78 is 0. The fraction of sp³-hybridized carbons (Fsp3) is 0.0270. The highest BCUT2D eigenvalue weighted by molar-refractivity contribution is 8.40. The molecule has 0 fully saturated rings. The van der Waals surface area contributed by atoms with Crippen LogP contribution in [0.25, 0.3) is 0 Å². The van der Waals surface area contributed by atoms with Gasteiger partial charge in [0, 0.05) is 5.49 Å². The van der Waals surface area contributed by atoms with Crippen LogP contribution in [0.2, 0.25) is 0 Å². The second kappa shape index (κ2) is 13.5. The normalized spacial score (nSPS) is 11.6. The van der Waals surface area contributed by atoms with Crippen molar-refractivity contribution in [2.75, 3.05) is 5.49 Å². The van der Waals surface area contributed by atoms with E-state index in [2.05, 4.69) is 193 Å². The van der Waals surface area contributed by atoms with Crippen LogP contribution in [0.15, 0.2) is 182 Å². The molecule has 0 nitrogen and oxygen atoms in total. The highest BCUT2D eigenvalue weighted by Crippen LogP contribution is 2.41. The van der Waals surface area contributed by atoms with E-state index in [1.54, 1.807) is 0 Å². The van der Waals surface area contributed by atoms with Crippen LogP contribution in [-0.4, -0.2) is 20.5 Å². The van der Waals surface area contributed by atoms with Gasteiger partial charge in [0.1, 0.15) is 8.31 Å². The average molecular weight is 596 g/mol. The molecular weight excluding hydrogens is 564 g/mol. The molecule has 41 heavy (non-hydrogen) atoms. The molecular formula is C37H32PSSi2. The lowest BCUT2D eigenvalue weighted by Crippen LogP contribution is -2.74. The summed E-state index contributed by atoms with van der Waals surface area (Å²) in [4.78, 5) is 0. The molecule has 0 atom stereocenters. The van der Waals surface area contributed by atoms with Crippen molar-refractivity contribution < 1.29 is 0 Å². The van der Waals surface area contributed by atoms with Gasteiger partial charge in [0.15, 0.2) is 6.74 Å². The standard InChI is InChI=1S/C37H32PSSi2/c1-7-19-32(20-8-1)38(33-21-9-2-10-22-33)31-39-41(36-27-15-5-16-28-36,37-29-17-6-18-30-37)40(34-23-11-3-12-24-34)35-25-13-4-14-26-35/h1-30H,31H2. The summed E-state index contributed by atoms with van der Waals surface area (Å²) in [7, 11) is -1.79. The van der Waals surface area contributed by atoms with E-state index < -0.39 is 23.0 Å². The van der Waals surface area contributed by atoms with E-state index in [4.69, 9.17) is 0 Å². The van der Waals surface area contributed by atoms with E-state index in [-0.39, 0.29) is 0 Å². The Bertz CT molecular complexity index is 1500. The SMILES string of the molecule is c1ccc([Si](c2ccccc2)[Si](SCP(c2ccccc2)c2ccccc2)(c2ccccc2)c2ccccc2)cc1. The topological polar surface area (TPSA) is 0 Å². The van der Waals surface area contributed by atoms with Gasteiger partial charge in [-0.05, 0) is 28.9 Å². The molecule has 0 unspecified atom stereocenters. The van der Waals surface area contributed by atoms with Crippen molar-refractivity contribution in [1.29, 1.82) is 0 Å². The quantitative estimate of drug-likeness (QED) is 0.139. The first kappa shape index (κ1) is 27.7. The lowest BCUT2D eigenvalue weighted by Gasteiger charge is -2.40. The third-order valence-corrected chi connectivity index (χ3v) is 28.6. The van der Waals surface area contributed by atoms with Crippen molar-refractivity contribution in [2.45, 2.75) is 0 Å². The first-order valence-electron chi connectivity index (χ1n) is 14.0. The summed E-state index contributed by atoms with van der Waals surface area (Å²) in [6.45, 7) is -2.45. The van der Waals surface area contributed by atoms with Crippen LogP contribution >= 0.6 is 19.1 Å². The van der Waals surface area contributed by atoms with Crippen LogP contribution in [0.5, 0.6) is 0 Å². The van der Waals surface area contributed by atoms with Gasteiger partial charge in [-0.25, -0.2) is 0 Å². The zero-order chi connectivity index (χ0) is 27.7. The van der Waals surface area contributed by atoms with Crippen molar-refractivity contribution in [3.05, 3.63) is 182 Å². The summed E-state index contributed by atoms with van der Waals surface area (Å²) in [5.41, 5.74) is 1.08. The van der Waals surface area contributed by atoms with Gasteiger partial charge in [-0.15, -0.1) is 0 Å². The smallest absolute Gasteiger partial charge is 0.171 e. The van der Waals surface area contributed by atoms with Crippen molar-refractivity contribution in [1.82, 2.24) is 0 Å². The Morgan fingerprint density at radius 3 is 1.10 bits per heavy atom. The maximum atomic E-state index is 2.41. The molecule has 0 saturated heterocycles. The fourth-order valence-corrected chi connectivity index (χ4v) is 30.7. The van der Waals surface area contributed by atoms with E-state index in [0.717, 1.165) is 5.49 Å². The van der Waals surface area contributed by atoms with Gasteiger partial charge < -0.3 is 0 Å². The lowest BCUT2D eigenvalue weighted by molar-refractivity contribution is 1.72. The van der Waals surface area contributed by atoms with Crippen LogP contribution < -0.4 is 31.4 Å². The molecule has 4 heteroatoms. The Hall–Kier alpha value is -3.47. The molecule has 0 N–H and O–H groups in total. The molecule has 0 aliphatic carbocycles. The third-order valence-electron chi connectivity index (χ3n) is 7.38. The van der Waals surface area contributed by atoms with Gasteiger partial charge in [0.2, 0.25) is 0 Å². The molecule has 1 radical (unpaired) electrons. The molecule has 0 aromatic heterocycles. The van der Waals surface area contributed by atoms with Gasteiger partial charge in [0.05, 0.1) is 0 Å². The van der Waals surface area contributed by atoms with Gasteiger partial charge in [-0.1, -0.05) is 192 Å². The van der Waals surface area contributed by atoms with E-state index in [0.29, 0.717) is 0 Å². The predicted molar refractivity (Wildman–Crippen MR) is 187 cm³/mol. The summed E-state index contributed by atoms with van der Waals surface area (Å²) >= 11 is 2.28. The van der Waals surface area contributed by atoms with Gasteiger partial charge in [0.25, 0.3) is 0 Å². The molecule has 0 amide bonds. The van der Waals surface area contributed by atoms with Crippen LogP contribution in [0, 0.1) is 0 Å². The molecule has 6 rings (SSSR count). The van der Waals surface area contributed by atoms with Crippen molar-refractivity contribution in [2.24, 2.45) is 0 Å². The molecule has 0 bridgehead atoms. The second-order valence-electron chi connectivity index (χ2n) is 9.89. The van der Waals surface area contributed by atoms with E-state index in [9.17, 15) is 0 Å². The van der Waals surface area contributed by atoms with Crippen molar-refractivity contribution in [3.8, 4) is 0 Å². The van der Waals surface area contributed by atoms with E-state index in [1.165, 1.54) is 31.4 Å². The Labute approximate surface area is 251 Å². The zero-order valence-electron chi connectivity index (χ0n) is 22.9. The van der Waals surface area contributed by atoms with Crippen molar-refractivity contribution >= 4 is 65.5 Å². The molecule has 6 aromatic carbocycles. The largest absolute Gasteiger partial charge is 0.176 e. The Morgan fingerprint density at radius 1 is 0.415 bits per heavy atom. The average Bonchev–Trinajstić information content (AvgIpc) is 3.07. The zero-order valence-corrected chi connectivity index (χ0v) is 26.6. The molecule has 0 saturated carbocycles. The molecule has 0 heterocycles. The fourth-order valence-electron chi connectivity index (χ4n) is 5.50. The highest BCUT2D eigenvalue weighted by Gasteiger charge is 2.49. The monoisotopic (exact) mass is 595 g/mol. The van der Waals surface area contributed by atoms with Gasteiger partial charge >= 0.3 is 0 Å². The Kier molecular flexibility index (Phi) is 9.09. The van der Waals surface area contributed by atoms with Crippen molar-refractivity contribution in [3.63, 3.8) is 0 Å². The van der Waals surface area contributed by atoms with E-state index >= 15 is 0 Å². The second-order valence-corrected chi connectivity index (χ2v) is 25.1. The number of rotatable bonds is 10. The summed E-state index contributed by atoms with van der Waals surface area (Å²) in [6, 6.07) is 68.0. The van der Waals surface area contributed by atoms with Crippen LogP contribution in [0.1, 0.15) is 0 Å². The molecule has 0 aliphatic rings. The number of hydrogen-bond acceptors (Lipinski definition) is 1. The van der Waals surface area contributed by atoms with E-state index in [1.807, 2.05) is 0 Å². The first-order valence-corrected chi connectivity index (χ1v) is 21.7. The Balaban J connectivity index is 1.59. The maximum Gasteiger partial charge on any atom is 0.176 e. The first-order chi connectivity index (χ1) is 20.4. The maximum absolute atomic E-state index is 2.45. The van der Waals surface area contributed by atoms with Crippen LogP contribution in [0.4, 0.5) is 0 Å². The third kappa shape index (κ3) is 6.10. The molecule has 0 aliphatic heterocycles. The lowest BCUT2D eigenvalue weighted by atomic mass is 10.4. The minimum absolute atomic E-state index is 0.545.